The fourth-order valence-electron chi connectivity index (χ4n) is 3.37. The van der Waals surface area contributed by atoms with E-state index in [1.807, 2.05) is 35.5 Å². The Morgan fingerprint density at radius 2 is 2.00 bits per heavy atom. The van der Waals surface area contributed by atoms with Crippen LogP contribution in [0.4, 0.5) is 0 Å². The maximum Gasteiger partial charge on any atom is 0.246 e. The van der Waals surface area contributed by atoms with Gasteiger partial charge < -0.3 is 19.3 Å². The van der Waals surface area contributed by atoms with Gasteiger partial charge in [0.05, 0.1) is 31.2 Å². The van der Waals surface area contributed by atoms with Crippen molar-refractivity contribution in [3.63, 3.8) is 0 Å². The molecule has 2 aromatic rings. The Hall–Kier alpha value is -2.57. The molecule has 0 saturated carbocycles. The summed E-state index contributed by atoms with van der Waals surface area (Å²) in [6.45, 7) is 4.54. The van der Waals surface area contributed by atoms with Crippen LogP contribution < -0.4 is 14.4 Å². The smallest absolute Gasteiger partial charge is 0.246 e. The van der Waals surface area contributed by atoms with Crippen LogP contribution in [-0.4, -0.2) is 48.8 Å². The van der Waals surface area contributed by atoms with Gasteiger partial charge in [0.25, 0.3) is 0 Å². The van der Waals surface area contributed by atoms with E-state index in [-0.39, 0.29) is 12.7 Å². The largest absolute Gasteiger partial charge is 0.454 e. The Labute approximate surface area is 163 Å². The average Bonchev–Trinajstić information content (AvgIpc) is 3.17. The fraction of sp³-hybridized carbons (Fsp3) is 0.300. The Balaban J connectivity index is 1.32. The number of benzene rings is 1. The molecule has 0 aliphatic carbocycles. The topological polar surface area (TPSA) is 56.1 Å². The van der Waals surface area contributed by atoms with Crippen molar-refractivity contribution in [3.8, 4) is 11.5 Å². The molecule has 1 N–H and O–H groups in total. The van der Waals surface area contributed by atoms with Gasteiger partial charge in [0.2, 0.25) is 12.7 Å². The number of halogens is 1. The molecule has 0 radical (unpaired) electrons. The van der Waals surface area contributed by atoms with Gasteiger partial charge in [0.1, 0.15) is 6.54 Å². The van der Waals surface area contributed by atoms with E-state index in [1.165, 1.54) is 10.5 Å². The Morgan fingerprint density at radius 3 is 2.78 bits per heavy atom. The Bertz CT molecular complexity index is 849. The van der Waals surface area contributed by atoms with Gasteiger partial charge in [-0.15, -0.1) is 0 Å². The summed E-state index contributed by atoms with van der Waals surface area (Å²) in [5.41, 5.74) is 2.10. The van der Waals surface area contributed by atoms with Crippen molar-refractivity contribution in [1.29, 1.82) is 0 Å². The zero-order chi connectivity index (χ0) is 18.6. The molecule has 0 atom stereocenters. The van der Waals surface area contributed by atoms with Gasteiger partial charge in [-0.25, -0.2) is 0 Å². The third-order valence-corrected chi connectivity index (χ3v) is 5.13. The molecular formula is C20H21ClN3O3+. The van der Waals surface area contributed by atoms with Crippen LogP contribution in [0.3, 0.4) is 0 Å². The van der Waals surface area contributed by atoms with Gasteiger partial charge in [0.15, 0.2) is 11.5 Å². The van der Waals surface area contributed by atoms with E-state index in [9.17, 15) is 4.79 Å². The highest BCUT2D eigenvalue weighted by molar-refractivity contribution is 6.32. The molecule has 0 unspecified atom stereocenters. The summed E-state index contributed by atoms with van der Waals surface area (Å²) in [6.07, 6.45) is 7.01. The molecule has 0 bridgehead atoms. The summed E-state index contributed by atoms with van der Waals surface area (Å²) >= 11 is 6.18. The highest BCUT2D eigenvalue weighted by atomic mass is 35.5. The highest BCUT2D eigenvalue weighted by Gasteiger charge is 2.22. The Kier molecular flexibility index (Phi) is 5.27. The Morgan fingerprint density at radius 1 is 1.22 bits per heavy atom. The lowest BCUT2D eigenvalue weighted by molar-refractivity contribution is -0.917. The van der Waals surface area contributed by atoms with Gasteiger partial charge >= 0.3 is 0 Å². The van der Waals surface area contributed by atoms with Crippen LogP contribution in [0.5, 0.6) is 11.5 Å². The van der Waals surface area contributed by atoms with E-state index in [1.54, 1.807) is 18.2 Å². The van der Waals surface area contributed by atoms with Gasteiger partial charge in [-0.1, -0.05) is 11.6 Å². The normalized spacial score (nSPS) is 16.9. The van der Waals surface area contributed by atoms with E-state index in [0.29, 0.717) is 16.5 Å². The SMILES string of the molecule is O=C(/C=C/c1cc(Cl)c2c(c1)OCO2)N1CC[NH+](Cc2ccncc2)CC1. The van der Waals surface area contributed by atoms with Crippen molar-refractivity contribution >= 4 is 23.6 Å². The lowest BCUT2D eigenvalue weighted by atomic mass is 10.1. The van der Waals surface area contributed by atoms with Crippen LogP contribution in [0, 0.1) is 0 Å². The van der Waals surface area contributed by atoms with Crippen LogP contribution in [0.15, 0.2) is 42.7 Å². The third kappa shape index (κ3) is 4.23. The first kappa shape index (κ1) is 17.8. The minimum absolute atomic E-state index is 0.0201. The molecule has 140 valence electrons. The lowest BCUT2D eigenvalue weighted by Gasteiger charge is -2.31. The van der Waals surface area contributed by atoms with Crippen molar-refractivity contribution < 1.29 is 19.2 Å². The van der Waals surface area contributed by atoms with Gasteiger partial charge in [-0.3, -0.25) is 9.78 Å². The summed E-state index contributed by atoms with van der Waals surface area (Å²) in [6, 6.07) is 7.69. The number of amides is 1. The number of carbonyl (C=O) groups is 1. The molecule has 1 fully saturated rings. The van der Waals surface area contributed by atoms with Crippen LogP contribution in [0.2, 0.25) is 5.02 Å². The first-order chi connectivity index (χ1) is 13.2. The van der Waals surface area contributed by atoms with Gasteiger partial charge in [0, 0.05) is 24.0 Å². The second-order valence-corrected chi connectivity index (χ2v) is 7.08. The predicted octanol–water partition coefficient (Wildman–Crippen LogP) is 1.40. The minimum Gasteiger partial charge on any atom is -0.454 e. The summed E-state index contributed by atoms with van der Waals surface area (Å²) < 4.78 is 10.7. The van der Waals surface area contributed by atoms with E-state index in [0.717, 1.165) is 38.3 Å². The lowest BCUT2D eigenvalue weighted by Crippen LogP contribution is -3.13. The second-order valence-electron chi connectivity index (χ2n) is 6.68. The zero-order valence-electron chi connectivity index (χ0n) is 14.9. The number of rotatable bonds is 4. The van der Waals surface area contributed by atoms with Crippen LogP contribution in [0.1, 0.15) is 11.1 Å². The van der Waals surface area contributed by atoms with Gasteiger partial charge in [-0.2, -0.15) is 0 Å². The third-order valence-electron chi connectivity index (χ3n) is 4.85. The average molecular weight is 387 g/mol. The number of quaternary nitrogens is 1. The zero-order valence-corrected chi connectivity index (χ0v) is 15.6. The number of ether oxygens (including phenoxy) is 2. The molecule has 2 aliphatic rings. The van der Waals surface area contributed by atoms with Crippen LogP contribution in [-0.2, 0) is 11.3 Å². The minimum atomic E-state index is 0.0201. The van der Waals surface area contributed by atoms with Crippen molar-refractivity contribution in [1.82, 2.24) is 9.88 Å². The van der Waals surface area contributed by atoms with E-state index in [2.05, 4.69) is 4.98 Å². The molecule has 1 amide bonds. The van der Waals surface area contributed by atoms with E-state index < -0.39 is 0 Å². The predicted molar refractivity (Wildman–Crippen MR) is 102 cm³/mol. The second kappa shape index (κ2) is 7.98. The number of nitrogens with zero attached hydrogens (tertiary/aromatic N) is 2. The first-order valence-electron chi connectivity index (χ1n) is 8.97. The first-order valence-corrected chi connectivity index (χ1v) is 9.35. The van der Waals surface area contributed by atoms with E-state index in [4.69, 9.17) is 21.1 Å². The summed E-state index contributed by atoms with van der Waals surface area (Å²) in [5.74, 6) is 1.20. The van der Waals surface area contributed by atoms with Crippen LogP contribution >= 0.6 is 11.6 Å². The standard InChI is InChI=1S/C20H20ClN3O3/c21-17-11-16(12-18-20(17)27-14-26-18)1-2-19(25)24-9-7-23(8-10-24)13-15-3-5-22-6-4-15/h1-6,11-12H,7-10,13-14H2/p+1/b2-1+. The number of piperazine rings is 1. The molecule has 3 heterocycles. The quantitative estimate of drug-likeness (QED) is 0.807. The summed E-state index contributed by atoms with van der Waals surface area (Å²) in [4.78, 5) is 19.9. The van der Waals surface area contributed by atoms with Crippen molar-refractivity contribution in [2.45, 2.75) is 6.54 Å². The van der Waals surface area contributed by atoms with Crippen molar-refractivity contribution in [2.75, 3.05) is 33.0 Å². The maximum absolute atomic E-state index is 12.5. The number of carbonyl (C=O) groups excluding carboxylic acids is 1. The molecule has 1 aromatic carbocycles. The molecule has 0 spiro atoms. The number of nitrogens with one attached hydrogen (secondary N) is 1. The number of hydrogen-bond donors (Lipinski definition) is 1. The number of hydrogen-bond acceptors (Lipinski definition) is 4. The molecule has 2 aliphatic heterocycles. The number of aromatic nitrogens is 1. The summed E-state index contributed by atoms with van der Waals surface area (Å²) in [7, 11) is 0. The molecule has 7 heteroatoms. The fourth-order valence-corrected chi connectivity index (χ4v) is 3.64. The molecule has 1 saturated heterocycles. The van der Waals surface area contributed by atoms with Gasteiger partial charge in [-0.05, 0) is 35.9 Å². The van der Waals surface area contributed by atoms with Crippen molar-refractivity contribution in [3.05, 3.63) is 58.9 Å². The molecule has 4 rings (SSSR count). The number of fused-ring (bicyclic) bond motifs is 1. The maximum atomic E-state index is 12.5. The monoisotopic (exact) mass is 386 g/mol. The van der Waals surface area contributed by atoms with Crippen LogP contribution in [0.25, 0.3) is 6.08 Å². The molecule has 6 nitrogen and oxygen atoms in total. The molecule has 1 aromatic heterocycles. The number of pyridine rings is 1. The van der Waals surface area contributed by atoms with E-state index >= 15 is 0 Å². The highest BCUT2D eigenvalue weighted by Crippen LogP contribution is 2.40. The van der Waals surface area contributed by atoms with Crippen molar-refractivity contribution in [2.24, 2.45) is 0 Å². The molecule has 27 heavy (non-hydrogen) atoms. The summed E-state index contributed by atoms with van der Waals surface area (Å²) in [5, 5.41) is 0.491. The molecular weight excluding hydrogens is 366 g/mol.